The maximum absolute atomic E-state index is 12.9. The molecular weight excluding hydrogens is 643 g/mol. The lowest BCUT2D eigenvalue weighted by atomic mass is 9.98. The summed E-state index contributed by atoms with van der Waals surface area (Å²) >= 11 is 0. The predicted octanol–water partition coefficient (Wildman–Crippen LogP) is 8.36. The first-order chi connectivity index (χ1) is 23.3. The molecule has 48 heavy (non-hydrogen) atoms. The fourth-order valence-electron chi connectivity index (χ4n) is 6.49. The quantitative estimate of drug-likeness (QED) is 0.0856. The van der Waals surface area contributed by atoms with Crippen LogP contribution in [-0.2, 0) is 23.8 Å². The number of nitrogens with one attached hydrogen (secondary N) is 1. The topological polar surface area (TPSA) is 90.9 Å². The van der Waals surface area contributed by atoms with E-state index in [-0.39, 0.29) is 41.3 Å². The van der Waals surface area contributed by atoms with Crippen molar-refractivity contribution in [2.75, 3.05) is 26.1 Å². The highest BCUT2D eigenvalue weighted by molar-refractivity contribution is 8.77. The second-order valence-electron chi connectivity index (χ2n) is 12.6. The van der Waals surface area contributed by atoms with Gasteiger partial charge >= 0.3 is 18.0 Å². The molecule has 0 aromatic heterocycles. The smallest absolute Gasteiger partial charge is 0.407 e. The van der Waals surface area contributed by atoms with Crippen molar-refractivity contribution in [3.8, 4) is 22.3 Å². The number of ether oxygens (including phenoxy) is 3. The van der Waals surface area contributed by atoms with Gasteiger partial charge in [0, 0.05) is 28.8 Å². The van der Waals surface area contributed by atoms with Crippen LogP contribution in [0.15, 0.2) is 97.1 Å². The summed E-state index contributed by atoms with van der Waals surface area (Å²) in [7, 11) is 4.29. The molecule has 2 aliphatic carbocycles. The summed E-state index contributed by atoms with van der Waals surface area (Å²) in [5, 5.41) is 2.69. The van der Waals surface area contributed by atoms with Crippen LogP contribution in [-0.4, -0.2) is 54.9 Å². The minimum atomic E-state index is -0.888. The molecule has 0 spiro atoms. The lowest BCUT2D eigenvalue weighted by Gasteiger charge is -2.24. The van der Waals surface area contributed by atoms with Gasteiger partial charge in [-0.3, -0.25) is 4.79 Å². The van der Waals surface area contributed by atoms with Gasteiger partial charge in [0.15, 0.2) is 0 Å². The third-order valence-corrected chi connectivity index (χ3v) is 12.3. The van der Waals surface area contributed by atoms with Crippen LogP contribution in [0.2, 0.25) is 0 Å². The van der Waals surface area contributed by atoms with Crippen molar-refractivity contribution in [1.29, 1.82) is 0 Å². The molecule has 4 aromatic carbocycles. The molecule has 0 saturated carbocycles. The zero-order valence-corrected chi connectivity index (χ0v) is 28.9. The molecule has 248 valence electrons. The van der Waals surface area contributed by atoms with Crippen molar-refractivity contribution in [2.24, 2.45) is 0 Å². The van der Waals surface area contributed by atoms with Crippen LogP contribution in [0.5, 0.6) is 0 Å². The molecule has 1 atom stereocenters. The molecule has 6 rings (SSSR count). The minimum Gasteiger partial charge on any atom is -0.467 e. The summed E-state index contributed by atoms with van der Waals surface area (Å²) in [5.41, 5.74) is 9.28. The molecule has 0 fully saturated rings. The Morgan fingerprint density at radius 2 is 1.15 bits per heavy atom. The molecule has 9 heteroatoms. The van der Waals surface area contributed by atoms with Gasteiger partial charge in [0.2, 0.25) is 0 Å². The summed E-state index contributed by atoms with van der Waals surface area (Å²) in [6.45, 7) is 4.55. The van der Waals surface area contributed by atoms with Crippen molar-refractivity contribution in [3.63, 3.8) is 0 Å². The number of carbonyl (C=O) groups is 3. The van der Waals surface area contributed by atoms with Crippen LogP contribution in [0.3, 0.4) is 0 Å². The number of fused-ring (bicyclic) bond motifs is 6. The molecular formula is C39H39NO6S2. The molecule has 7 nitrogen and oxygen atoms in total. The van der Waals surface area contributed by atoms with Gasteiger partial charge < -0.3 is 19.5 Å². The van der Waals surface area contributed by atoms with E-state index in [4.69, 9.17) is 14.2 Å². The van der Waals surface area contributed by atoms with E-state index in [0.717, 1.165) is 22.3 Å². The van der Waals surface area contributed by atoms with Crippen LogP contribution in [0, 0.1) is 0 Å². The van der Waals surface area contributed by atoms with Gasteiger partial charge in [-0.1, -0.05) is 119 Å². The molecule has 0 radical (unpaired) electrons. The normalized spacial score (nSPS) is 13.9. The van der Waals surface area contributed by atoms with Crippen molar-refractivity contribution in [1.82, 2.24) is 5.32 Å². The highest BCUT2D eigenvalue weighted by atomic mass is 33.1. The zero-order valence-electron chi connectivity index (χ0n) is 27.3. The number of hydrogen-bond donors (Lipinski definition) is 1. The Morgan fingerprint density at radius 1 is 0.708 bits per heavy atom. The Balaban J connectivity index is 0.958. The highest BCUT2D eigenvalue weighted by Crippen LogP contribution is 2.46. The zero-order chi connectivity index (χ0) is 33.7. The van der Waals surface area contributed by atoms with E-state index >= 15 is 0 Å². The second kappa shape index (κ2) is 14.9. The Bertz CT molecular complexity index is 1720. The first-order valence-corrected chi connectivity index (χ1v) is 18.4. The van der Waals surface area contributed by atoms with Crippen LogP contribution < -0.4 is 5.32 Å². The average molecular weight is 682 g/mol. The van der Waals surface area contributed by atoms with Gasteiger partial charge in [0.05, 0.1) is 7.11 Å². The van der Waals surface area contributed by atoms with E-state index in [2.05, 4.69) is 53.8 Å². The molecule has 0 unspecified atom stereocenters. The molecule has 1 N–H and O–H groups in total. The number of hydrogen-bond acceptors (Lipinski definition) is 8. The van der Waals surface area contributed by atoms with Gasteiger partial charge in [-0.05, 0) is 64.8 Å². The summed E-state index contributed by atoms with van der Waals surface area (Å²) < 4.78 is 16.1. The number of carbonyl (C=O) groups excluding carboxylic acids is 3. The van der Waals surface area contributed by atoms with Gasteiger partial charge in [0.25, 0.3) is 0 Å². The van der Waals surface area contributed by atoms with E-state index in [0.29, 0.717) is 13.0 Å². The van der Waals surface area contributed by atoms with Crippen molar-refractivity contribution >= 4 is 39.6 Å². The fraction of sp³-hybridized carbons (Fsp3) is 0.308. The first kappa shape index (κ1) is 33.7. The van der Waals surface area contributed by atoms with Crippen molar-refractivity contribution < 1.29 is 28.6 Å². The first-order valence-electron chi connectivity index (χ1n) is 16.1. The molecule has 2 aliphatic rings. The Labute approximate surface area is 289 Å². The number of esters is 2. The Kier molecular flexibility index (Phi) is 10.5. The average Bonchev–Trinajstić information content (AvgIpc) is 3.60. The minimum absolute atomic E-state index is 0.0264. The molecule has 0 bridgehead atoms. The van der Waals surface area contributed by atoms with Crippen molar-refractivity contribution in [3.05, 3.63) is 119 Å². The second-order valence-corrected chi connectivity index (χ2v) is 15.6. The summed E-state index contributed by atoms with van der Waals surface area (Å²) in [4.78, 5) is 38.3. The SMILES string of the molecule is COC(=O)[C@H](CSSC(C)(C)CCC(=O)OCC1c2ccccc2-c2ccccc21)NC(=O)OCC1c2ccccc2-c2ccccc21. The summed E-state index contributed by atoms with van der Waals surface area (Å²) in [6.07, 6.45) is 0.186. The molecule has 0 saturated heterocycles. The fourth-order valence-corrected chi connectivity index (χ4v) is 9.23. The molecule has 0 aliphatic heterocycles. The third-order valence-electron chi connectivity index (χ3n) is 8.95. The van der Waals surface area contributed by atoms with Gasteiger partial charge in [-0.25, -0.2) is 9.59 Å². The highest BCUT2D eigenvalue weighted by Gasteiger charge is 2.32. The van der Waals surface area contributed by atoms with Gasteiger partial charge in [0.1, 0.15) is 19.3 Å². The Hall–Kier alpha value is -4.21. The van der Waals surface area contributed by atoms with Crippen molar-refractivity contribution in [2.45, 2.75) is 49.3 Å². The van der Waals surface area contributed by atoms with E-state index in [9.17, 15) is 14.4 Å². The number of rotatable bonds is 13. The third kappa shape index (κ3) is 7.42. The van der Waals surface area contributed by atoms with E-state index in [1.807, 2.05) is 62.4 Å². The van der Waals surface area contributed by atoms with E-state index in [1.165, 1.54) is 40.2 Å². The maximum Gasteiger partial charge on any atom is 0.407 e. The van der Waals surface area contributed by atoms with Gasteiger partial charge in [-0.15, -0.1) is 0 Å². The maximum atomic E-state index is 12.9. The lowest BCUT2D eigenvalue weighted by molar-refractivity contribution is -0.144. The largest absolute Gasteiger partial charge is 0.467 e. The van der Waals surface area contributed by atoms with E-state index in [1.54, 1.807) is 10.8 Å². The van der Waals surface area contributed by atoms with Crippen LogP contribution in [0.25, 0.3) is 22.3 Å². The number of benzene rings is 4. The number of alkyl carbamates (subject to hydrolysis) is 1. The van der Waals surface area contributed by atoms with E-state index < -0.39 is 18.1 Å². The molecule has 1 amide bonds. The van der Waals surface area contributed by atoms with Crippen LogP contribution >= 0.6 is 21.6 Å². The lowest BCUT2D eigenvalue weighted by Crippen LogP contribution is -2.43. The number of methoxy groups -OCH3 is 1. The molecule has 0 heterocycles. The Morgan fingerprint density at radius 3 is 1.60 bits per heavy atom. The predicted molar refractivity (Wildman–Crippen MR) is 192 cm³/mol. The molecule has 4 aromatic rings. The van der Waals surface area contributed by atoms with Gasteiger partial charge in [-0.2, -0.15) is 0 Å². The van der Waals surface area contributed by atoms with Crippen LogP contribution in [0.1, 0.15) is 60.8 Å². The monoisotopic (exact) mass is 681 g/mol. The summed E-state index contributed by atoms with van der Waals surface area (Å²) in [6, 6.07) is 31.9. The summed E-state index contributed by atoms with van der Waals surface area (Å²) in [5.74, 6) is -0.566. The number of amides is 1. The standard InChI is InChI=1S/C39H39NO6S2/c1-39(2,21-20-36(41)45-22-33-29-16-8-4-12-25(29)26-13-5-9-17-30(26)33)48-47-24-35(37(42)44-3)40-38(43)46-23-34-31-18-10-6-14-27(31)28-15-7-11-19-32(28)34/h4-19,33-35H,20-24H2,1-3H3,(H,40,43)/t35-/m0/s1. The van der Waals surface area contributed by atoms with Crippen LogP contribution in [0.4, 0.5) is 4.79 Å².